The molecule has 4 heteroatoms. The van der Waals surface area contributed by atoms with E-state index in [0.717, 1.165) is 37.7 Å². The summed E-state index contributed by atoms with van der Waals surface area (Å²) in [6, 6.07) is 17.1. The molecule has 0 amide bonds. The zero-order valence-electron chi connectivity index (χ0n) is 17.9. The molecule has 0 spiro atoms. The van der Waals surface area contributed by atoms with Gasteiger partial charge in [0, 0.05) is 30.6 Å². The van der Waals surface area contributed by atoms with Crippen LogP contribution in [0.25, 0.3) is 11.1 Å². The van der Waals surface area contributed by atoms with Crippen molar-refractivity contribution in [3.63, 3.8) is 0 Å². The topological polar surface area (TPSA) is 27.7 Å². The monoisotopic (exact) mass is 428 g/mol. The minimum atomic E-state index is -0.00286. The predicted molar refractivity (Wildman–Crippen MR) is 122 cm³/mol. The summed E-state index contributed by atoms with van der Waals surface area (Å²) in [5.74, 6) is 1.70. The van der Waals surface area contributed by atoms with E-state index in [1.807, 2.05) is 12.1 Å². The lowest BCUT2D eigenvalue weighted by molar-refractivity contribution is -0.229. The second-order valence-electron chi connectivity index (χ2n) is 8.78. The van der Waals surface area contributed by atoms with Crippen molar-refractivity contribution >= 4 is 11.6 Å². The fourth-order valence-electron chi connectivity index (χ4n) is 4.83. The fourth-order valence-corrected chi connectivity index (χ4v) is 4.95. The van der Waals surface area contributed by atoms with E-state index in [4.69, 9.17) is 25.8 Å². The zero-order chi connectivity index (χ0) is 20.8. The van der Waals surface area contributed by atoms with Crippen LogP contribution >= 0.6 is 11.6 Å². The van der Waals surface area contributed by atoms with Crippen molar-refractivity contribution in [2.45, 2.75) is 50.7 Å². The van der Waals surface area contributed by atoms with Crippen LogP contribution in [-0.2, 0) is 14.2 Å². The summed E-state index contributed by atoms with van der Waals surface area (Å²) in [6.45, 7) is 2.49. The molecular formula is C26H33ClO3. The first-order valence-electron chi connectivity index (χ1n) is 11.3. The molecule has 3 nitrogen and oxygen atoms in total. The minimum absolute atomic E-state index is 0.00286. The van der Waals surface area contributed by atoms with Gasteiger partial charge < -0.3 is 14.2 Å². The van der Waals surface area contributed by atoms with E-state index in [9.17, 15) is 0 Å². The van der Waals surface area contributed by atoms with Crippen LogP contribution in [0.2, 0.25) is 5.02 Å². The summed E-state index contributed by atoms with van der Waals surface area (Å²) >= 11 is 6.00. The van der Waals surface area contributed by atoms with E-state index < -0.39 is 0 Å². The number of hydrogen-bond acceptors (Lipinski definition) is 3. The average Bonchev–Trinajstić information content (AvgIpc) is 2.81. The number of benzene rings is 2. The molecule has 2 aromatic carbocycles. The Kier molecular flexibility index (Phi) is 7.83. The Balaban J connectivity index is 1.24. The fraction of sp³-hybridized carbons (Fsp3) is 0.538. The Morgan fingerprint density at radius 3 is 2.07 bits per heavy atom. The van der Waals surface area contributed by atoms with Crippen LogP contribution in [0.5, 0.6) is 0 Å². The highest BCUT2D eigenvalue weighted by Gasteiger charge is 2.32. The third-order valence-corrected chi connectivity index (χ3v) is 6.92. The average molecular weight is 429 g/mol. The largest absolute Gasteiger partial charge is 0.385 e. The number of methoxy groups -OCH3 is 1. The van der Waals surface area contributed by atoms with E-state index in [0.29, 0.717) is 17.8 Å². The molecule has 0 N–H and O–H groups in total. The van der Waals surface area contributed by atoms with Gasteiger partial charge in [-0.2, -0.15) is 0 Å². The van der Waals surface area contributed by atoms with E-state index in [2.05, 4.69) is 36.4 Å². The van der Waals surface area contributed by atoms with Crippen molar-refractivity contribution in [3.8, 4) is 11.1 Å². The molecule has 1 aliphatic heterocycles. The van der Waals surface area contributed by atoms with Gasteiger partial charge in [-0.05, 0) is 73.3 Å². The van der Waals surface area contributed by atoms with Crippen LogP contribution in [0, 0.1) is 11.8 Å². The normalized spacial score (nSPS) is 27.1. The molecule has 2 aliphatic rings. The molecule has 0 unspecified atom stereocenters. The van der Waals surface area contributed by atoms with Crippen LogP contribution in [0.1, 0.15) is 50.0 Å². The van der Waals surface area contributed by atoms with Gasteiger partial charge in [-0.3, -0.25) is 0 Å². The summed E-state index contributed by atoms with van der Waals surface area (Å²) in [4.78, 5) is 0. The first-order valence-corrected chi connectivity index (χ1v) is 11.7. The van der Waals surface area contributed by atoms with E-state index >= 15 is 0 Å². The molecular weight excluding hydrogens is 396 g/mol. The molecule has 1 aliphatic carbocycles. The molecule has 0 atom stereocenters. The Bertz CT molecular complexity index is 758. The van der Waals surface area contributed by atoms with Gasteiger partial charge in [-0.15, -0.1) is 0 Å². The highest BCUT2D eigenvalue weighted by molar-refractivity contribution is 6.30. The number of halogens is 1. The van der Waals surface area contributed by atoms with Crippen molar-refractivity contribution in [1.29, 1.82) is 0 Å². The summed E-state index contributed by atoms with van der Waals surface area (Å²) < 4.78 is 17.3. The second-order valence-corrected chi connectivity index (χ2v) is 9.21. The van der Waals surface area contributed by atoms with Crippen LogP contribution < -0.4 is 0 Å². The molecule has 1 heterocycles. The van der Waals surface area contributed by atoms with Gasteiger partial charge >= 0.3 is 0 Å². The zero-order valence-corrected chi connectivity index (χ0v) is 18.7. The standard InChI is InChI=1S/C26H33ClO3/c1-28-16-2-3-19-17-29-26(30-18-19)24-10-8-22(9-11-24)20-4-6-21(7-5-20)23-12-14-25(27)15-13-23/h4-7,12-15,19,22,24,26H,2-3,8-11,16-18H2,1H3/t19-,22?,24?,26-. The maximum Gasteiger partial charge on any atom is 0.160 e. The van der Waals surface area contributed by atoms with Gasteiger partial charge in [0.2, 0.25) is 0 Å². The molecule has 4 rings (SSSR count). The summed E-state index contributed by atoms with van der Waals surface area (Å²) in [5.41, 5.74) is 3.91. The van der Waals surface area contributed by atoms with Crippen LogP contribution in [0.3, 0.4) is 0 Å². The smallest absolute Gasteiger partial charge is 0.160 e. The highest BCUT2D eigenvalue weighted by Crippen LogP contribution is 2.39. The third kappa shape index (κ3) is 5.64. The maximum absolute atomic E-state index is 6.10. The molecule has 30 heavy (non-hydrogen) atoms. The highest BCUT2D eigenvalue weighted by atomic mass is 35.5. The molecule has 2 aromatic rings. The van der Waals surface area contributed by atoms with Gasteiger partial charge in [-0.1, -0.05) is 48.0 Å². The van der Waals surface area contributed by atoms with Gasteiger partial charge in [0.15, 0.2) is 6.29 Å². The van der Waals surface area contributed by atoms with E-state index in [1.54, 1.807) is 7.11 Å². The molecule has 0 aromatic heterocycles. The summed E-state index contributed by atoms with van der Waals surface area (Å²) in [7, 11) is 1.76. The first-order chi connectivity index (χ1) is 14.7. The Hall–Kier alpha value is -1.39. The molecule has 2 fully saturated rings. The summed E-state index contributed by atoms with van der Waals surface area (Å²) in [6.07, 6.45) is 7.00. The van der Waals surface area contributed by atoms with Crippen molar-refractivity contribution in [1.82, 2.24) is 0 Å². The Morgan fingerprint density at radius 2 is 1.47 bits per heavy atom. The lowest BCUT2D eigenvalue weighted by Gasteiger charge is -2.37. The molecule has 1 saturated carbocycles. The van der Waals surface area contributed by atoms with Gasteiger partial charge in [-0.25, -0.2) is 0 Å². The number of hydrogen-bond donors (Lipinski definition) is 0. The van der Waals surface area contributed by atoms with Crippen LogP contribution in [0.15, 0.2) is 48.5 Å². The second kappa shape index (κ2) is 10.8. The van der Waals surface area contributed by atoms with E-state index in [-0.39, 0.29) is 6.29 Å². The summed E-state index contributed by atoms with van der Waals surface area (Å²) in [5, 5.41) is 0.777. The molecule has 1 saturated heterocycles. The minimum Gasteiger partial charge on any atom is -0.385 e. The van der Waals surface area contributed by atoms with Gasteiger partial charge in [0.25, 0.3) is 0 Å². The first kappa shape index (κ1) is 21.8. The maximum atomic E-state index is 6.10. The molecule has 162 valence electrons. The molecule has 0 radical (unpaired) electrons. The quantitative estimate of drug-likeness (QED) is 0.459. The number of rotatable bonds is 7. The van der Waals surface area contributed by atoms with Crippen molar-refractivity contribution < 1.29 is 14.2 Å². The Morgan fingerprint density at radius 1 is 0.867 bits per heavy atom. The van der Waals surface area contributed by atoms with Crippen molar-refractivity contribution in [2.24, 2.45) is 11.8 Å². The molecule has 0 bridgehead atoms. The third-order valence-electron chi connectivity index (χ3n) is 6.67. The van der Waals surface area contributed by atoms with Crippen LogP contribution in [0.4, 0.5) is 0 Å². The lowest BCUT2D eigenvalue weighted by Crippen LogP contribution is -2.38. The SMILES string of the molecule is COCCC[C@H]1CO[C@H](C2CCC(c3ccc(-c4ccc(Cl)cc4)cc3)CC2)OC1. The van der Waals surface area contributed by atoms with Gasteiger partial charge in [0.1, 0.15) is 0 Å². The number of ether oxygens (including phenoxy) is 3. The predicted octanol–water partition coefficient (Wildman–Crippen LogP) is 6.70. The van der Waals surface area contributed by atoms with E-state index in [1.165, 1.54) is 42.4 Å². The van der Waals surface area contributed by atoms with Crippen molar-refractivity contribution in [3.05, 3.63) is 59.1 Å². The Labute approximate surface area is 185 Å². The van der Waals surface area contributed by atoms with Crippen molar-refractivity contribution in [2.75, 3.05) is 26.9 Å². The van der Waals surface area contributed by atoms with Crippen LogP contribution in [-0.4, -0.2) is 33.2 Å². The van der Waals surface area contributed by atoms with Gasteiger partial charge in [0.05, 0.1) is 13.2 Å². The lowest BCUT2D eigenvalue weighted by atomic mass is 9.78.